The summed E-state index contributed by atoms with van der Waals surface area (Å²) in [5, 5.41) is 3.30. The number of aliphatic imine (C=N–C) groups is 1. The normalized spacial score (nSPS) is 14.3. The van der Waals surface area contributed by atoms with Gasteiger partial charge >= 0.3 is 6.36 Å². The lowest BCUT2D eigenvalue weighted by atomic mass is 10.1. The van der Waals surface area contributed by atoms with Gasteiger partial charge in [0.05, 0.1) is 28.4 Å². The Balaban J connectivity index is 0.000000200. The molecule has 3 aliphatic rings. The number of rotatable bonds is 18. The van der Waals surface area contributed by atoms with Crippen molar-refractivity contribution in [1.82, 2.24) is 20.4 Å². The highest BCUT2D eigenvalue weighted by Gasteiger charge is 2.33. The Morgan fingerprint density at radius 1 is 0.757 bits per heavy atom. The first-order valence-electron chi connectivity index (χ1n) is 23.7. The van der Waals surface area contributed by atoms with Crippen LogP contribution in [0.3, 0.4) is 0 Å². The Labute approximate surface area is 434 Å². The lowest BCUT2D eigenvalue weighted by molar-refractivity contribution is -0.274. The van der Waals surface area contributed by atoms with E-state index in [0.29, 0.717) is 52.2 Å². The van der Waals surface area contributed by atoms with Crippen LogP contribution in [-0.2, 0) is 33.0 Å². The topological polar surface area (TPSA) is 164 Å². The minimum Gasteiger partial charge on any atom is -0.406 e. The van der Waals surface area contributed by atoms with Crippen LogP contribution in [0, 0.1) is 13.8 Å². The van der Waals surface area contributed by atoms with E-state index in [2.05, 4.69) is 56.4 Å². The van der Waals surface area contributed by atoms with E-state index in [1.54, 1.807) is 59.4 Å². The molecule has 9 rings (SSSR count). The number of hydrazine groups is 1. The molecule has 0 amide bonds. The second kappa shape index (κ2) is 22.3. The molecule has 0 fully saturated rings. The van der Waals surface area contributed by atoms with E-state index in [4.69, 9.17) is 5.73 Å². The van der Waals surface area contributed by atoms with E-state index in [-0.39, 0.29) is 41.5 Å². The van der Waals surface area contributed by atoms with Gasteiger partial charge in [-0.25, -0.2) is 35.6 Å². The number of fused-ring (bicyclic) bond motifs is 2. The second-order valence-electron chi connectivity index (χ2n) is 17.9. The Morgan fingerprint density at radius 3 is 1.84 bits per heavy atom. The molecule has 4 N–H and O–H groups in total. The number of nitrogens with two attached hydrogens (primary N) is 1. The van der Waals surface area contributed by atoms with Crippen molar-refractivity contribution in [3.63, 3.8) is 0 Å². The van der Waals surface area contributed by atoms with Crippen molar-refractivity contribution < 1.29 is 43.5 Å². The quantitative estimate of drug-likeness (QED) is 0.0570. The Bertz CT molecular complexity index is 3530. The molecule has 74 heavy (non-hydrogen) atoms. The summed E-state index contributed by atoms with van der Waals surface area (Å²) in [5.74, 6) is -2.11. The molecule has 0 saturated carbocycles. The fourth-order valence-corrected chi connectivity index (χ4v) is 14.6. The number of nitrogens with one attached hydrogen (secondary N) is 2. The number of imidazole rings is 1. The summed E-state index contributed by atoms with van der Waals surface area (Å²) < 4.78 is 131. The molecule has 2 aliphatic carbocycles. The van der Waals surface area contributed by atoms with E-state index < -0.39 is 32.3 Å². The zero-order valence-corrected chi connectivity index (χ0v) is 44.0. The summed E-state index contributed by atoms with van der Waals surface area (Å²) >= 11 is 2.84. The lowest BCUT2D eigenvalue weighted by Crippen LogP contribution is -2.33. The van der Waals surface area contributed by atoms with E-state index in [9.17, 15) is 38.8 Å². The number of aromatic nitrogens is 2. The maximum absolute atomic E-state index is 14.1. The largest absolute Gasteiger partial charge is 0.573 e. The standard InChI is InChI=1S/C28H27F3N4O3S2.C24H28F2N4O2S2/c1-19-25-4-2-3-5-26(25)39-27(19)35(16-20-6-10-23(11-7-20)38-28(29,30)31)40(36,37)24-12-8-22(9-13-24)34-17-21(14-15-32)33-18-34;1-16-20-8-4-5-9-21(20)33-23(16)30(15-7-6-14-24(3,25)26)34(31,32)19-12-10-18(11-13-19)22-27-17(2)28-29-22/h4-13,17-18H,2-3,14-16,32H2,1H3;8-13,28H,2,4-7,14-15H2,1,3H3,(H,27,29). The van der Waals surface area contributed by atoms with Crippen LogP contribution in [0.2, 0.25) is 0 Å². The maximum atomic E-state index is 14.1. The van der Waals surface area contributed by atoms with Gasteiger partial charge in [0.2, 0.25) is 5.92 Å². The van der Waals surface area contributed by atoms with Crippen LogP contribution in [0.4, 0.5) is 32.0 Å². The van der Waals surface area contributed by atoms with Crippen molar-refractivity contribution >= 4 is 82.9 Å². The number of alkyl halides is 5. The highest BCUT2D eigenvalue weighted by atomic mass is 32.2. The molecule has 1 aliphatic heterocycles. The number of benzene rings is 3. The fourth-order valence-electron chi connectivity index (χ4n) is 8.56. The van der Waals surface area contributed by atoms with Crippen LogP contribution in [0.5, 0.6) is 5.75 Å². The summed E-state index contributed by atoms with van der Waals surface area (Å²) in [6, 6.07) is 18.2. The van der Waals surface area contributed by atoms with Gasteiger partial charge in [0, 0.05) is 45.9 Å². The van der Waals surface area contributed by atoms with Crippen molar-refractivity contribution in [2.24, 2.45) is 10.7 Å². The smallest absolute Gasteiger partial charge is 0.406 e. The predicted octanol–water partition coefficient (Wildman–Crippen LogP) is 8.15. The van der Waals surface area contributed by atoms with Crippen LogP contribution in [-0.4, -0.2) is 57.6 Å². The van der Waals surface area contributed by atoms with Gasteiger partial charge in [-0.1, -0.05) is 43.0 Å². The molecule has 0 bridgehead atoms. The second-order valence-corrected chi connectivity index (χ2v) is 23.7. The van der Waals surface area contributed by atoms with Crippen LogP contribution >= 0.6 is 22.7 Å². The van der Waals surface area contributed by atoms with E-state index in [0.717, 1.165) is 74.6 Å². The van der Waals surface area contributed by atoms with Crippen molar-refractivity contribution in [3.05, 3.63) is 145 Å². The van der Waals surface area contributed by atoms with Gasteiger partial charge in [0.25, 0.3) is 20.0 Å². The van der Waals surface area contributed by atoms with Crippen LogP contribution in [0.15, 0.2) is 113 Å². The highest BCUT2D eigenvalue weighted by molar-refractivity contribution is 7.93. The zero-order valence-electron chi connectivity index (χ0n) is 40.8. The lowest BCUT2D eigenvalue weighted by Gasteiger charge is -2.24. The summed E-state index contributed by atoms with van der Waals surface area (Å²) in [6.45, 7) is 8.97. The maximum Gasteiger partial charge on any atom is 0.573 e. The molecule has 6 aromatic rings. The molecule has 22 heteroatoms. The van der Waals surface area contributed by atoms with E-state index >= 15 is 0 Å². The molecule has 392 valence electrons. The molecule has 0 spiro atoms. The molecule has 3 aromatic heterocycles. The molecule has 13 nitrogen and oxygen atoms in total. The molecular weight excluding hydrogens is 1040 g/mol. The van der Waals surface area contributed by atoms with E-state index in [1.807, 2.05) is 20.0 Å². The van der Waals surface area contributed by atoms with Crippen molar-refractivity contribution in [2.75, 3.05) is 21.7 Å². The first-order chi connectivity index (χ1) is 35.1. The summed E-state index contributed by atoms with van der Waals surface area (Å²) in [7, 11) is -7.96. The number of hydrogen-bond acceptors (Lipinski definition) is 12. The summed E-state index contributed by atoms with van der Waals surface area (Å²) in [6.07, 6.45) is 11.7. The Kier molecular flexibility index (Phi) is 16.2. The molecule has 0 radical (unpaired) electrons. The minimum absolute atomic E-state index is 0.0689. The SMILES string of the molecule is C=C1N=C(c2ccc(S(=O)(=O)N(CCCCC(C)(F)F)c3sc4c(c3C)=CCCC=4)cc2)NN1.Cc1c(N(Cc2ccc(OC(F)(F)F)cc2)S(=O)(=O)c2ccc(-n3cnc(CCN)c3)cc2)sc2c1=CCCC=2. The third kappa shape index (κ3) is 12.6. The third-order valence-electron chi connectivity index (χ3n) is 12.3. The Hall–Kier alpha value is -6.33. The highest BCUT2D eigenvalue weighted by Crippen LogP contribution is 2.33. The number of ether oxygens (including phenoxy) is 1. The average Bonchev–Trinajstić information content (AvgIpc) is 4.17. The molecule has 0 saturated heterocycles. The van der Waals surface area contributed by atoms with Crippen LogP contribution in [0.1, 0.15) is 79.8 Å². The van der Waals surface area contributed by atoms with Gasteiger partial charge in [0.15, 0.2) is 5.84 Å². The first kappa shape index (κ1) is 53.9. The average molecular weight is 1100 g/mol. The minimum atomic E-state index is -4.81. The predicted molar refractivity (Wildman–Crippen MR) is 283 cm³/mol. The van der Waals surface area contributed by atoms with Gasteiger partial charge < -0.3 is 15.0 Å². The van der Waals surface area contributed by atoms with Crippen molar-refractivity contribution in [2.45, 2.75) is 101 Å². The zero-order chi connectivity index (χ0) is 53.0. The number of hydrogen-bond donors (Lipinski definition) is 3. The molecule has 4 heterocycles. The summed E-state index contributed by atoms with van der Waals surface area (Å²) in [5.41, 5.74) is 15.8. The van der Waals surface area contributed by atoms with E-state index in [1.165, 1.54) is 55.5 Å². The number of thiophene rings is 2. The van der Waals surface area contributed by atoms with Gasteiger partial charge in [-0.05, 0) is 154 Å². The summed E-state index contributed by atoms with van der Waals surface area (Å²) in [4.78, 5) is 8.77. The Morgan fingerprint density at radius 2 is 1.31 bits per heavy atom. The number of halogens is 5. The molecule has 0 unspecified atom stereocenters. The number of nitrogens with zero attached hydrogens (tertiary/aromatic N) is 5. The molecular formula is C52H55F5N8O5S4. The van der Waals surface area contributed by atoms with Crippen molar-refractivity contribution in [1.29, 1.82) is 0 Å². The third-order valence-corrected chi connectivity index (χ3v) is 18.8. The monoisotopic (exact) mass is 1090 g/mol. The van der Waals surface area contributed by atoms with Crippen LogP contribution in [0.25, 0.3) is 30.0 Å². The van der Waals surface area contributed by atoms with Gasteiger partial charge in [-0.3, -0.25) is 19.5 Å². The van der Waals surface area contributed by atoms with Crippen LogP contribution < -0.4 is 49.4 Å². The molecule has 3 aromatic carbocycles. The van der Waals surface area contributed by atoms with Gasteiger partial charge in [-0.15, -0.1) is 35.8 Å². The van der Waals surface area contributed by atoms with Crippen molar-refractivity contribution in [3.8, 4) is 11.4 Å². The number of sulfonamides is 2. The van der Waals surface area contributed by atoms with Gasteiger partial charge in [0.1, 0.15) is 21.6 Å². The van der Waals surface area contributed by atoms with Gasteiger partial charge in [-0.2, -0.15) is 0 Å². The number of anilines is 2. The first-order valence-corrected chi connectivity index (χ1v) is 28.2. The fraction of sp³-hybridized carbons (Fsp3) is 0.308. The molecule has 0 atom stereocenters. The number of amidine groups is 1. The number of unbranched alkanes of at least 4 members (excludes halogenated alkanes) is 1.